The maximum absolute atomic E-state index is 11.4. The Labute approximate surface area is 125 Å². The van der Waals surface area contributed by atoms with Crippen LogP contribution in [0.15, 0.2) is 24.3 Å². The number of carbonyl (C=O) groups is 1. The molecule has 2 rings (SSSR count). The molecule has 0 fully saturated rings. The molecule has 0 heterocycles. The maximum atomic E-state index is 11.4. The lowest BCUT2D eigenvalue weighted by atomic mass is 9.80. The van der Waals surface area contributed by atoms with Crippen LogP contribution >= 0.6 is 11.8 Å². The van der Waals surface area contributed by atoms with Crippen molar-refractivity contribution >= 4 is 17.7 Å². The van der Waals surface area contributed by atoms with Gasteiger partial charge >= 0.3 is 5.97 Å². The van der Waals surface area contributed by atoms with Crippen LogP contribution in [-0.4, -0.2) is 30.6 Å². The Morgan fingerprint density at radius 2 is 2.10 bits per heavy atom. The number of carbonyl (C=O) groups excluding carboxylic acids is 1. The van der Waals surface area contributed by atoms with E-state index in [9.17, 15) is 4.79 Å². The molecule has 0 saturated heterocycles. The third-order valence-electron chi connectivity index (χ3n) is 3.89. The minimum atomic E-state index is -0.142. The van der Waals surface area contributed by atoms with Gasteiger partial charge in [0.05, 0.1) is 12.9 Å². The fourth-order valence-electron chi connectivity index (χ4n) is 2.91. The van der Waals surface area contributed by atoms with Crippen molar-refractivity contribution in [2.24, 2.45) is 0 Å². The highest BCUT2D eigenvalue weighted by atomic mass is 32.2. The number of fused-ring (bicyclic) bond motifs is 1. The normalized spacial score (nSPS) is 25.1. The monoisotopic (exact) mass is 293 g/mol. The van der Waals surface area contributed by atoms with Gasteiger partial charge in [-0.2, -0.15) is 0 Å². The fraction of sp³-hybridized carbons (Fsp3) is 0.562. The first-order chi connectivity index (χ1) is 9.67. The maximum Gasteiger partial charge on any atom is 0.315 e. The second-order valence-corrected chi connectivity index (χ2v) is 6.45. The number of rotatable bonds is 5. The van der Waals surface area contributed by atoms with Gasteiger partial charge in [0, 0.05) is 11.3 Å². The zero-order valence-electron chi connectivity index (χ0n) is 12.4. The molecule has 3 atom stereocenters. The molecule has 1 aromatic carbocycles. The molecule has 0 aromatic heterocycles. The zero-order valence-corrected chi connectivity index (χ0v) is 13.2. The van der Waals surface area contributed by atoms with Gasteiger partial charge in [-0.05, 0) is 30.0 Å². The van der Waals surface area contributed by atoms with E-state index in [-0.39, 0.29) is 5.97 Å². The van der Waals surface area contributed by atoms with Crippen LogP contribution in [0.1, 0.15) is 43.4 Å². The highest BCUT2D eigenvalue weighted by molar-refractivity contribution is 8.00. The van der Waals surface area contributed by atoms with Gasteiger partial charge in [0.1, 0.15) is 0 Å². The molecule has 4 heteroatoms. The molecular weight excluding hydrogens is 270 g/mol. The Hall–Kier alpha value is -1.00. The predicted octanol–water partition coefficient (Wildman–Crippen LogP) is 3.12. The first kappa shape index (κ1) is 15.4. The van der Waals surface area contributed by atoms with E-state index in [0.717, 1.165) is 13.0 Å². The SMILES string of the molecule is CCNC1c2ccccc2C(C)CC1SCC(=O)OC. The molecule has 1 aliphatic rings. The lowest BCUT2D eigenvalue weighted by Crippen LogP contribution is -2.35. The Morgan fingerprint density at radius 1 is 1.40 bits per heavy atom. The van der Waals surface area contributed by atoms with Crippen molar-refractivity contribution in [3.63, 3.8) is 0 Å². The van der Waals surface area contributed by atoms with Gasteiger partial charge in [-0.1, -0.05) is 38.1 Å². The molecule has 1 N–H and O–H groups in total. The summed E-state index contributed by atoms with van der Waals surface area (Å²) in [5.74, 6) is 0.825. The predicted molar refractivity (Wildman–Crippen MR) is 84.2 cm³/mol. The van der Waals surface area contributed by atoms with Gasteiger partial charge in [0.2, 0.25) is 0 Å². The van der Waals surface area contributed by atoms with Gasteiger partial charge in [-0.15, -0.1) is 11.8 Å². The van der Waals surface area contributed by atoms with Crippen LogP contribution in [0.2, 0.25) is 0 Å². The van der Waals surface area contributed by atoms with Crippen LogP contribution in [0, 0.1) is 0 Å². The second-order valence-electron chi connectivity index (χ2n) is 5.23. The third-order valence-corrected chi connectivity index (χ3v) is 5.18. The third kappa shape index (κ3) is 3.36. The first-order valence-electron chi connectivity index (χ1n) is 7.18. The van der Waals surface area contributed by atoms with Crippen molar-refractivity contribution in [1.29, 1.82) is 0 Å². The number of thioether (sulfide) groups is 1. The van der Waals surface area contributed by atoms with E-state index in [0.29, 0.717) is 23.0 Å². The molecule has 3 nitrogen and oxygen atoms in total. The van der Waals surface area contributed by atoms with Gasteiger partial charge in [0.25, 0.3) is 0 Å². The van der Waals surface area contributed by atoms with Crippen molar-refractivity contribution < 1.29 is 9.53 Å². The molecule has 0 radical (unpaired) electrons. The molecule has 0 amide bonds. The molecular formula is C16H23NO2S. The molecule has 0 saturated carbocycles. The van der Waals surface area contributed by atoms with E-state index >= 15 is 0 Å². The van der Waals surface area contributed by atoms with Crippen LogP contribution in [0.3, 0.4) is 0 Å². The number of nitrogens with one attached hydrogen (secondary N) is 1. The summed E-state index contributed by atoms with van der Waals surface area (Å²) in [6.07, 6.45) is 1.09. The number of benzene rings is 1. The summed E-state index contributed by atoms with van der Waals surface area (Å²) in [4.78, 5) is 11.4. The van der Waals surface area contributed by atoms with Gasteiger partial charge in [-0.3, -0.25) is 4.79 Å². The van der Waals surface area contributed by atoms with Gasteiger partial charge < -0.3 is 10.1 Å². The zero-order chi connectivity index (χ0) is 14.5. The summed E-state index contributed by atoms with van der Waals surface area (Å²) in [7, 11) is 1.45. The summed E-state index contributed by atoms with van der Waals surface area (Å²) in [5, 5.41) is 4.00. The van der Waals surface area contributed by atoms with Gasteiger partial charge in [0.15, 0.2) is 0 Å². The molecule has 0 spiro atoms. The average molecular weight is 293 g/mol. The van der Waals surface area contributed by atoms with E-state index in [1.165, 1.54) is 18.2 Å². The molecule has 1 aromatic rings. The summed E-state index contributed by atoms with van der Waals surface area (Å²) in [5.41, 5.74) is 2.82. The summed E-state index contributed by atoms with van der Waals surface area (Å²) < 4.78 is 4.75. The molecule has 0 aliphatic heterocycles. The quantitative estimate of drug-likeness (QED) is 0.847. The smallest absolute Gasteiger partial charge is 0.315 e. The lowest BCUT2D eigenvalue weighted by Gasteiger charge is -2.37. The van der Waals surface area contributed by atoms with Crippen LogP contribution in [-0.2, 0) is 9.53 Å². The van der Waals surface area contributed by atoms with Crippen LogP contribution < -0.4 is 5.32 Å². The van der Waals surface area contributed by atoms with E-state index in [1.54, 1.807) is 11.8 Å². The largest absolute Gasteiger partial charge is 0.468 e. The summed E-state index contributed by atoms with van der Waals surface area (Å²) >= 11 is 1.71. The fourth-order valence-corrected chi connectivity index (χ4v) is 4.24. The Bertz CT molecular complexity index is 464. The van der Waals surface area contributed by atoms with Crippen LogP contribution in [0.25, 0.3) is 0 Å². The van der Waals surface area contributed by atoms with E-state index < -0.39 is 0 Å². The first-order valence-corrected chi connectivity index (χ1v) is 8.22. The number of hydrogen-bond donors (Lipinski definition) is 1. The minimum Gasteiger partial charge on any atom is -0.468 e. The van der Waals surface area contributed by atoms with Crippen molar-refractivity contribution in [3.05, 3.63) is 35.4 Å². The minimum absolute atomic E-state index is 0.142. The second kappa shape index (κ2) is 7.14. The van der Waals surface area contributed by atoms with Crippen molar-refractivity contribution in [2.75, 3.05) is 19.4 Å². The number of methoxy groups -OCH3 is 1. The number of ether oxygens (including phenoxy) is 1. The standard InChI is InChI=1S/C16H23NO2S/c1-4-17-16-13-8-6-5-7-12(13)11(2)9-14(16)20-10-15(18)19-3/h5-8,11,14,16-17H,4,9-10H2,1-3H3. The Balaban J connectivity index is 2.18. The van der Waals surface area contributed by atoms with Crippen molar-refractivity contribution in [3.8, 4) is 0 Å². The molecule has 20 heavy (non-hydrogen) atoms. The Morgan fingerprint density at radius 3 is 2.75 bits per heavy atom. The summed E-state index contributed by atoms with van der Waals surface area (Å²) in [6, 6.07) is 8.97. The van der Waals surface area contributed by atoms with Crippen molar-refractivity contribution in [2.45, 2.75) is 37.5 Å². The highest BCUT2D eigenvalue weighted by Gasteiger charge is 2.33. The highest BCUT2D eigenvalue weighted by Crippen LogP contribution is 2.42. The van der Waals surface area contributed by atoms with E-state index in [4.69, 9.17) is 4.74 Å². The van der Waals surface area contributed by atoms with Crippen LogP contribution in [0.5, 0.6) is 0 Å². The summed E-state index contributed by atoms with van der Waals surface area (Å²) in [6.45, 7) is 5.33. The van der Waals surface area contributed by atoms with E-state index in [2.05, 4.69) is 43.4 Å². The van der Waals surface area contributed by atoms with Crippen LogP contribution in [0.4, 0.5) is 0 Å². The molecule has 3 unspecified atom stereocenters. The number of esters is 1. The Kier molecular flexibility index (Phi) is 5.49. The number of hydrogen-bond acceptors (Lipinski definition) is 4. The van der Waals surface area contributed by atoms with Crippen molar-refractivity contribution in [1.82, 2.24) is 5.32 Å². The topological polar surface area (TPSA) is 38.3 Å². The molecule has 1 aliphatic carbocycles. The van der Waals surface area contributed by atoms with Gasteiger partial charge in [-0.25, -0.2) is 0 Å². The molecule has 0 bridgehead atoms. The lowest BCUT2D eigenvalue weighted by molar-refractivity contribution is -0.137. The average Bonchev–Trinajstić information content (AvgIpc) is 2.48. The van der Waals surface area contributed by atoms with E-state index in [1.807, 2.05) is 0 Å². The molecule has 110 valence electrons.